The fourth-order valence-corrected chi connectivity index (χ4v) is 2.16. The van der Waals surface area contributed by atoms with Gasteiger partial charge in [-0.05, 0) is 39.0 Å². The van der Waals surface area contributed by atoms with Crippen LogP contribution in [0.4, 0.5) is 0 Å². The molecule has 0 amide bonds. The average molecular weight is 254 g/mol. The summed E-state index contributed by atoms with van der Waals surface area (Å²) < 4.78 is 0. The van der Waals surface area contributed by atoms with Gasteiger partial charge in [0, 0.05) is 0 Å². The molecule has 1 N–H and O–H groups in total. The molecular formula is C17H34O. The second-order valence-corrected chi connectivity index (χ2v) is 5.51. The van der Waals surface area contributed by atoms with Gasteiger partial charge in [0.25, 0.3) is 0 Å². The number of hydrogen-bond acceptors (Lipinski definition) is 1. The van der Waals surface area contributed by atoms with Gasteiger partial charge < -0.3 is 5.11 Å². The Morgan fingerprint density at radius 2 is 1.28 bits per heavy atom. The highest BCUT2D eigenvalue weighted by Gasteiger charge is 1.94. The first-order valence-corrected chi connectivity index (χ1v) is 8.10. The highest BCUT2D eigenvalue weighted by molar-refractivity contribution is 4.81. The number of hydrogen-bond donors (Lipinski definition) is 1. The van der Waals surface area contributed by atoms with Crippen LogP contribution in [0.1, 0.15) is 90.9 Å². The summed E-state index contributed by atoms with van der Waals surface area (Å²) in [6.45, 7) is 4.14. The standard InChI is InChI=1S/C17H34O/c1-3-4-5-6-7-8-9-10-11-12-13-14-15-16-17(2)18/h10-11,17-18H,3-9,12-16H2,1-2H3. The fourth-order valence-electron chi connectivity index (χ4n) is 2.16. The molecule has 0 aromatic heterocycles. The van der Waals surface area contributed by atoms with Crippen LogP contribution in [-0.2, 0) is 0 Å². The van der Waals surface area contributed by atoms with E-state index < -0.39 is 0 Å². The number of rotatable bonds is 13. The number of aliphatic hydroxyl groups is 1. The van der Waals surface area contributed by atoms with Gasteiger partial charge in [-0.15, -0.1) is 0 Å². The summed E-state index contributed by atoms with van der Waals surface area (Å²) in [4.78, 5) is 0. The molecule has 0 radical (unpaired) electrons. The summed E-state index contributed by atoms with van der Waals surface area (Å²) in [5.74, 6) is 0. The SMILES string of the molecule is CCCCCCCCC=CCCCCCC(C)O. The van der Waals surface area contributed by atoms with Crippen LogP contribution in [-0.4, -0.2) is 11.2 Å². The number of allylic oxidation sites excluding steroid dienone is 2. The van der Waals surface area contributed by atoms with Gasteiger partial charge in [0.05, 0.1) is 6.10 Å². The molecule has 0 aromatic rings. The lowest BCUT2D eigenvalue weighted by Gasteiger charge is -2.02. The molecule has 1 nitrogen and oxygen atoms in total. The summed E-state index contributed by atoms with van der Waals surface area (Å²) in [6.07, 6.45) is 20.1. The quantitative estimate of drug-likeness (QED) is 0.334. The van der Waals surface area contributed by atoms with E-state index in [4.69, 9.17) is 5.11 Å². The lowest BCUT2D eigenvalue weighted by Crippen LogP contribution is -1.97. The van der Waals surface area contributed by atoms with Crippen molar-refractivity contribution < 1.29 is 5.11 Å². The Kier molecular flexibility index (Phi) is 14.5. The van der Waals surface area contributed by atoms with E-state index in [-0.39, 0.29) is 6.10 Å². The van der Waals surface area contributed by atoms with Crippen LogP contribution in [0, 0.1) is 0 Å². The van der Waals surface area contributed by atoms with Gasteiger partial charge in [-0.2, -0.15) is 0 Å². The molecular weight excluding hydrogens is 220 g/mol. The summed E-state index contributed by atoms with van der Waals surface area (Å²) in [5.41, 5.74) is 0. The Hall–Kier alpha value is -0.300. The fraction of sp³-hybridized carbons (Fsp3) is 0.882. The molecule has 0 saturated carbocycles. The van der Waals surface area contributed by atoms with Crippen molar-refractivity contribution in [1.29, 1.82) is 0 Å². The minimum atomic E-state index is -0.117. The first-order valence-electron chi connectivity index (χ1n) is 8.10. The Labute approximate surface area is 115 Å². The summed E-state index contributed by atoms with van der Waals surface area (Å²) in [7, 11) is 0. The Bertz CT molecular complexity index is 172. The number of unbranched alkanes of at least 4 members (excludes halogenated alkanes) is 9. The predicted molar refractivity (Wildman–Crippen MR) is 81.9 cm³/mol. The van der Waals surface area contributed by atoms with Gasteiger partial charge >= 0.3 is 0 Å². The molecule has 0 bridgehead atoms. The van der Waals surface area contributed by atoms with E-state index in [2.05, 4.69) is 19.1 Å². The maximum Gasteiger partial charge on any atom is 0.0512 e. The zero-order chi connectivity index (χ0) is 13.5. The van der Waals surface area contributed by atoms with Crippen molar-refractivity contribution in [3.63, 3.8) is 0 Å². The second kappa shape index (κ2) is 14.8. The molecule has 0 aliphatic carbocycles. The first kappa shape index (κ1) is 17.7. The van der Waals surface area contributed by atoms with E-state index in [0.717, 1.165) is 6.42 Å². The van der Waals surface area contributed by atoms with Crippen LogP contribution >= 0.6 is 0 Å². The van der Waals surface area contributed by atoms with Crippen LogP contribution in [0.5, 0.6) is 0 Å². The molecule has 0 spiro atoms. The van der Waals surface area contributed by atoms with Crippen molar-refractivity contribution in [2.75, 3.05) is 0 Å². The Balaban J connectivity index is 3.05. The zero-order valence-corrected chi connectivity index (χ0v) is 12.7. The smallest absolute Gasteiger partial charge is 0.0512 e. The van der Waals surface area contributed by atoms with Crippen molar-refractivity contribution in [2.45, 2.75) is 97.0 Å². The van der Waals surface area contributed by atoms with Crippen molar-refractivity contribution in [2.24, 2.45) is 0 Å². The average Bonchev–Trinajstić information content (AvgIpc) is 2.34. The molecule has 0 aliphatic rings. The lowest BCUT2D eigenvalue weighted by molar-refractivity contribution is 0.180. The van der Waals surface area contributed by atoms with Gasteiger partial charge in [-0.1, -0.05) is 64.0 Å². The van der Waals surface area contributed by atoms with Gasteiger partial charge in [-0.25, -0.2) is 0 Å². The van der Waals surface area contributed by atoms with Gasteiger partial charge in [-0.3, -0.25) is 0 Å². The molecule has 1 heteroatoms. The minimum absolute atomic E-state index is 0.117. The normalized spacial score (nSPS) is 13.3. The van der Waals surface area contributed by atoms with Crippen molar-refractivity contribution in [3.8, 4) is 0 Å². The maximum absolute atomic E-state index is 9.12. The zero-order valence-electron chi connectivity index (χ0n) is 12.7. The van der Waals surface area contributed by atoms with E-state index in [0.29, 0.717) is 0 Å². The van der Waals surface area contributed by atoms with Crippen LogP contribution in [0.15, 0.2) is 12.2 Å². The van der Waals surface area contributed by atoms with E-state index in [1.807, 2.05) is 6.92 Å². The first-order chi connectivity index (χ1) is 8.77. The van der Waals surface area contributed by atoms with Crippen molar-refractivity contribution in [3.05, 3.63) is 12.2 Å². The van der Waals surface area contributed by atoms with Gasteiger partial charge in [0.1, 0.15) is 0 Å². The molecule has 1 unspecified atom stereocenters. The number of aliphatic hydroxyl groups excluding tert-OH is 1. The molecule has 108 valence electrons. The topological polar surface area (TPSA) is 20.2 Å². The molecule has 0 fully saturated rings. The molecule has 0 saturated heterocycles. The lowest BCUT2D eigenvalue weighted by atomic mass is 10.1. The summed E-state index contributed by atoms with van der Waals surface area (Å²) in [6, 6.07) is 0. The molecule has 0 heterocycles. The van der Waals surface area contributed by atoms with Gasteiger partial charge in [0.15, 0.2) is 0 Å². The predicted octanol–water partition coefficient (Wildman–Crippen LogP) is 5.62. The monoisotopic (exact) mass is 254 g/mol. The third kappa shape index (κ3) is 15.7. The van der Waals surface area contributed by atoms with Crippen LogP contribution in [0.25, 0.3) is 0 Å². The molecule has 0 aliphatic heterocycles. The van der Waals surface area contributed by atoms with Crippen LogP contribution in [0.2, 0.25) is 0 Å². The van der Waals surface area contributed by atoms with Crippen molar-refractivity contribution in [1.82, 2.24) is 0 Å². The summed E-state index contributed by atoms with van der Waals surface area (Å²) in [5, 5.41) is 9.12. The Morgan fingerprint density at radius 1 is 0.778 bits per heavy atom. The Morgan fingerprint density at radius 3 is 1.83 bits per heavy atom. The van der Waals surface area contributed by atoms with Crippen LogP contribution < -0.4 is 0 Å². The maximum atomic E-state index is 9.12. The highest BCUT2D eigenvalue weighted by Crippen LogP contribution is 2.09. The molecule has 0 aromatic carbocycles. The second-order valence-electron chi connectivity index (χ2n) is 5.51. The highest BCUT2D eigenvalue weighted by atomic mass is 16.3. The molecule has 0 rings (SSSR count). The van der Waals surface area contributed by atoms with E-state index in [1.54, 1.807) is 0 Å². The third-order valence-corrected chi connectivity index (χ3v) is 3.38. The van der Waals surface area contributed by atoms with E-state index >= 15 is 0 Å². The molecule has 1 atom stereocenters. The summed E-state index contributed by atoms with van der Waals surface area (Å²) >= 11 is 0. The minimum Gasteiger partial charge on any atom is -0.393 e. The van der Waals surface area contributed by atoms with Crippen molar-refractivity contribution >= 4 is 0 Å². The third-order valence-electron chi connectivity index (χ3n) is 3.38. The van der Waals surface area contributed by atoms with E-state index in [1.165, 1.54) is 70.6 Å². The van der Waals surface area contributed by atoms with Gasteiger partial charge in [0.2, 0.25) is 0 Å². The van der Waals surface area contributed by atoms with E-state index in [9.17, 15) is 0 Å². The molecule has 18 heavy (non-hydrogen) atoms. The largest absolute Gasteiger partial charge is 0.393 e. The van der Waals surface area contributed by atoms with Crippen LogP contribution in [0.3, 0.4) is 0 Å².